The Morgan fingerprint density at radius 1 is 1.06 bits per heavy atom. The van der Waals surface area contributed by atoms with E-state index in [9.17, 15) is 0 Å². The van der Waals surface area contributed by atoms with Crippen LogP contribution in [0, 0.1) is 6.92 Å². The molecule has 2 rings (SSSR count). The molecule has 1 saturated heterocycles. The molecule has 0 aromatic heterocycles. The Kier molecular flexibility index (Phi) is 3.43. The van der Waals surface area contributed by atoms with Crippen molar-refractivity contribution in [3.63, 3.8) is 0 Å². The van der Waals surface area contributed by atoms with Crippen LogP contribution in [0.5, 0.6) is 0 Å². The van der Waals surface area contributed by atoms with Gasteiger partial charge in [-0.1, -0.05) is 17.7 Å². The minimum absolute atomic E-state index is 0.376. The minimum Gasteiger partial charge on any atom is -0.371 e. The normalized spacial score (nSPS) is 19.7. The molecular weight excluding hydrogens is 208 g/mol. The maximum absolute atomic E-state index is 2.50. The fourth-order valence-corrected chi connectivity index (χ4v) is 2.45. The Morgan fingerprint density at radius 3 is 2.06 bits per heavy atom. The van der Waals surface area contributed by atoms with Crippen molar-refractivity contribution in [3.05, 3.63) is 29.8 Å². The molecule has 1 fully saturated rings. The molecule has 1 aliphatic rings. The zero-order valence-corrected chi connectivity index (χ0v) is 11.5. The molecule has 0 bridgehead atoms. The van der Waals surface area contributed by atoms with Crippen LogP contribution in [-0.2, 0) is 0 Å². The SMILES string of the molecule is Cc1ccc(N2CCC(C)(N(C)C)CC2)cc1. The maximum atomic E-state index is 2.50. The van der Waals surface area contributed by atoms with Crippen LogP contribution in [-0.4, -0.2) is 37.6 Å². The summed E-state index contributed by atoms with van der Waals surface area (Å²) in [6.07, 6.45) is 2.49. The summed E-state index contributed by atoms with van der Waals surface area (Å²) >= 11 is 0. The van der Waals surface area contributed by atoms with Crippen molar-refractivity contribution in [3.8, 4) is 0 Å². The molecule has 17 heavy (non-hydrogen) atoms. The summed E-state index contributed by atoms with van der Waals surface area (Å²) in [6.45, 7) is 6.85. The highest BCUT2D eigenvalue weighted by Crippen LogP contribution is 2.29. The molecule has 1 aliphatic heterocycles. The van der Waals surface area contributed by atoms with Gasteiger partial charge in [0.1, 0.15) is 0 Å². The minimum atomic E-state index is 0.376. The maximum Gasteiger partial charge on any atom is 0.0366 e. The summed E-state index contributed by atoms with van der Waals surface area (Å²) in [5.74, 6) is 0. The molecule has 0 N–H and O–H groups in total. The Balaban J connectivity index is 2.02. The van der Waals surface area contributed by atoms with Crippen LogP contribution >= 0.6 is 0 Å². The van der Waals surface area contributed by atoms with E-state index in [-0.39, 0.29) is 0 Å². The predicted molar refractivity (Wildman–Crippen MR) is 74.7 cm³/mol. The van der Waals surface area contributed by atoms with Crippen LogP contribution in [0.2, 0.25) is 0 Å². The van der Waals surface area contributed by atoms with Gasteiger partial charge < -0.3 is 9.80 Å². The van der Waals surface area contributed by atoms with Crippen molar-refractivity contribution in [2.45, 2.75) is 32.2 Å². The molecule has 94 valence electrons. The lowest BCUT2D eigenvalue weighted by atomic mass is 9.88. The van der Waals surface area contributed by atoms with Gasteiger partial charge >= 0.3 is 0 Å². The van der Waals surface area contributed by atoms with Gasteiger partial charge in [-0.2, -0.15) is 0 Å². The zero-order chi connectivity index (χ0) is 12.5. The standard InChI is InChI=1S/C15H24N2/c1-13-5-7-14(8-6-13)17-11-9-15(2,10-12-17)16(3)4/h5-8H,9-12H2,1-4H3. The number of rotatable bonds is 2. The van der Waals surface area contributed by atoms with Crippen LogP contribution in [0.15, 0.2) is 24.3 Å². The second-order valence-corrected chi connectivity index (χ2v) is 5.71. The average molecular weight is 232 g/mol. The van der Waals surface area contributed by atoms with Gasteiger partial charge in [-0.3, -0.25) is 0 Å². The van der Waals surface area contributed by atoms with Gasteiger partial charge in [-0.05, 0) is 52.9 Å². The van der Waals surface area contributed by atoms with Gasteiger partial charge in [-0.25, -0.2) is 0 Å². The Hall–Kier alpha value is -1.02. The molecule has 0 aliphatic carbocycles. The first-order valence-corrected chi connectivity index (χ1v) is 6.50. The number of anilines is 1. The Morgan fingerprint density at radius 2 is 1.59 bits per heavy atom. The van der Waals surface area contributed by atoms with Crippen molar-refractivity contribution >= 4 is 5.69 Å². The van der Waals surface area contributed by atoms with Crippen molar-refractivity contribution < 1.29 is 0 Å². The van der Waals surface area contributed by atoms with E-state index < -0.39 is 0 Å². The molecule has 0 radical (unpaired) electrons. The molecule has 0 amide bonds. The number of hydrogen-bond acceptors (Lipinski definition) is 2. The Bertz CT molecular complexity index is 359. The zero-order valence-electron chi connectivity index (χ0n) is 11.5. The van der Waals surface area contributed by atoms with E-state index >= 15 is 0 Å². The predicted octanol–water partition coefficient (Wildman–Crippen LogP) is 2.92. The summed E-state index contributed by atoms with van der Waals surface area (Å²) in [5.41, 5.74) is 3.08. The van der Waals surface area contributed by atoms with Gasteiger partial charge in [-0.15, -0.1) is 0 Å². The van der Waals surface area contributed by atoms with Crippen LogP contribution in [0.4, 0.5) is 5.69 Å². The largest absolute Gasteiger partial charge is 0.371 e. The first-order valence-electron chi connectivity index (χ1n) is 6.50. The number of aryl methyl sites for hydroxylation is 1. The molecule has 1 heterocycles. The smallest absolute Gasteiger partial charge is 0.0366 e. The van der Waals surface area contributed by atoms with Crippen LogP contribution in [0.1, 0.15) is 25.3 Å². The quantitative estimate of drug-likeness (QED) is 0.773. The number of piperidine rings is 1. The lowest BCUT2D eigenvalue weighted by Crippen LogP contribution is -2.50. The number of nitrogens with zero attached hydrogens (tertiary/aromatic N) is 2. The number of hydrogen-bond donors (Lipinski definition) is 0. The van der Waals surface area contributed by atoms with E-state index in [1.54, 1.807) is 0 Å². The molecule has 0 unspecified atom stereocenters. The third kappa shape index (κ3) is 2.63. The number of benzene rings is 1. The van der Waals surface area contributed by atoms with Crippen molar-refractivity contribution in [2.75, 3.05) is 32.1 Å². The van der Waals surface area contributed by atoms with E-state index in [0.717, 1.165) is 13.1 Å². The second-order valence-electron chi connectivity index (χ2n) is 5.71. The van der Waals surface area contributed by atoms with E-state index in [1.165, 1.54) is 24.1 Å². The third-order valence-electron chi connectivity index (χ3n) is 4.32. The molecule has 2 heteroatoms. The monoisotopic (exact) mass is 232 g/mol. The molecule has 2 nitrogen and oxygen atoms in total. The molecule has 0 spiro atoms. The van der Waals surface area contributed by atoms with Gasteiger partial charge in [0, 0.05) is 24.3 Å². The highest BCUT2D eigenvalue weighted by atomic mass is 15.2. The summed E-state index contributed by atoms with van der Waals surface area (Å²) in [5, 5.41) is 0. The third-order valence-corrected chi connectivity index (χ3v) is 4.32. The first-order chi connectivity index (χ1) is 8.01. The fourth-order valence-electron chi connectivity index (χ4n) is 2.45. The highest BCUT2D eigenvalue weighted by Gasteiger charge is 2.31. The summed E-state index contributed by atoms with van der Waals surface area (Å²) in [4.78, 5) is 4.88. The van der Waals surface area contributed by atoms with Crippen LogP contribution < -0.4 is 4.90 Å². The Labute approximate surface area is 105 Å². The summed E-state index contributed by atoms with van der Waals surface area (Å²) in [7, 11) is 4.39. The molecule has 0 saturated carbocycles. The van der Waals surface area contributed by atoms with Gasteiger partial charge in [0.25, 0.3) is 0 Å². The summed E-state index contributed by atoms with van der Waals surface area (Å²) < 4.78 is 0. The fraction of sp³-hybridized carbons (Fsp3) is 0.600. The molecule has 1 aromatic rings. The average Bonchev–Trinajstić information content (AvgIpc) is 2.31. The van der Waals surface area contributed by atoms with Gasteiger partial charge in [0.05, 0.1) is 0 Å². The van der Waals surface area contributed by atoms with Crippen molar-refractivity contribution in [2.24, 2.45) is 0 Å². The second kappa shape index (κ2) is 4.69. The van der Waals surface area contributed by atoms with E-state index in [1.807, 2.05) is 0 Å². The van der Waals surface area contributed by atoms with E-state index in [0.29, 0.717) is 5.54 Å². The van der Waals surface area contributed by atoms with Gasteiger partial charge in [0.15, 0.2) is 0 Å². The van der Waals surface area contributed by atoms with E-state index in [2.05, 4.69) is 62.0 Å². The van der Waals surface area contributed by atoms with Crippen molar-refractivity contribution in [1.82, 2.24) is 4.90 Å². The van der Waals surface area contributed by atoms with Gasteiger partial charge in [0.2, 0.25) is 0 Å². The lowest BCUT2D eigenvalue weighted by Gasteiger charge is -2.44. The molecular formula is C15H24N2. The first kappa shape index (κ1) is 12.4. The van der Waals surface area contributed by atoms with E-state index in [4.69, 9.17) is 0 Å². The van der Waals surface area contributed by atoms with Crippen molar-refractivity contribution in [1.29, 1.82) is 0 Å². The topological polar surface area (TPSA) is 6.48 Å². The van der Waals surface area contributed by atoms with Crippen LogP contribution in [0.25, 0.3) is 0 Å². The molecule has 0 atom stereocenters. The highest BCUT2D eigenvalue weighted by molar-refractivity contribution is 5.48. The lowest BCUT2D eigenvalue weighted by molar-refractivity contribution is 0.137. The summed E-state index contributed by atoms with van der Waals surface area (Å²) in [6, 6.07) is 8.89. The van der Waals surface area contributed by atoms with Crippen LogP contribution in [0.3, 0.4) is 0 Å². The molecule has 1 aromatic carbocycles.